The van der Waals surface area contributed by atoms with Crippen LogP contribution in [0, 0.1) is 17.8 Å². The first-order chi connectivity index (χ1) is 6.43. The van der Waals surface area contributed by atoms with Gasteiger partial charge in [0, 0.05) is 12.3 Å². The molecule has 1 aliphatic carbocycles. The van der Waals surface area contributed by atoms with E-state index in [0.29, 0.717) is 0 Å². The van der Waals surface area contributed by atoms with E-state index in [1.165, 1.54) is 38.5 Å². The van der Waals surface area contributed by atoms with Gasteiger partial charge in [-0.2, -0.15) is 0 Å². The predicted octanol–water partition coefficient (Wildman–Crippen LogP) is 3.93. The second-order valence-electron chi connectivity index (χ2n) is 3.84. The van der Waals surface area contributed by atoms with Crippen molar-refractivity contribution in [1.82, 2.24) is 0 Å². The van der Waals surface area contributed by atoms with Gasteiger partial charge in [0.25, 0.3) is 0 Å². The molecule has 0 aromatic heterocycles. The van der Waals surface area contributed by atoms with E-state index in [4.69, 9.17) is 0 Å². The van der Waals surface area contributed by atoms with Crippen LogP contribution in [0.3, 0.4) is 0 Å². The zero-order valence-corrected chi connectivity index (χ0v) is 8.52. The lowest BCUT2D eigenvalue weighted by Crippen LogP contribution is -2.02. The zero-order chi connectivity index (χ0) is 9.36. The van der Waals surface area contributed by atoms with Gasteiger partial charge in [-0.15, -0.1) is 12.5 Å². The topological polar surface area (TPSA) is 0 Å². The molecule has 0 aromatic rings. The average Bonchev–Trinajstić information content (AvgIpc) is 2.19. The fourth-order valence-corrected chi connectivity index (χ4v) is 1.80. The third-order valence-corrected chi connectivity index (χ3v) is 2.62. The molecule has 0 unspecified atom stereocenters. The van der Waals surface area contributed by atoms with Crippen LogP contribution < -0.4 is 0 Å². The summed E-state index contributed by atoms with van der Waals surface area (Å²) in [6, 6.07) is 0. The van der Waals surface area contributed by atoms with Crippen molar-refractivity contribution in [2.24, 2.45) is 5.92 Å². The van der Waals surface area contributed by atoms with Crippen molar-refractivity contribution in [3.63, 3.8) is 0 Å². The summed E-state index contributed by atoms with van der Waals surface area (Å²) in [7, 11) is 0. The molecule has 0 atom stereocenters. The highest BCUT2D eigenvalue weighted by Gasteiger charge is 2.09. The van der Waals surface area contributed by atoms with Crippen LogP contribution in [0.1, 0.15) is 51.4 Å². The minimum absolute atomic E-state index is 0.720. The highest BCUT2D eigenvalue weighted by atomic mass is 14.1. The number of hydrogen-bond donors (Lipinski definition) is 0. The van der Waals surface area contributed by atoms with Gasteiger partial charge in [-0.1, -0.05) is 31.3 Å². The lowest BCUT2D eigenvalue weighted by molar-refractivity contribution is 0.430. The molecule has 0 radical (unpaired) electrons. The molecule has 0 bridgehead atoms. The summed E-state index contributed by atoms with van der Waals surface area (Å²) in [6.45, 7) is 3.70. The van der Waals surface area contributed by atoms with Crippen molar-refractivity contribution < 1.29 is 0 Å². The Bertz CT molecular complexity index is 186. The van der Waals surface area contributed by atoms with Gasteiger partial charge in [0.1, 0.15) is 0 Å². The monoisotopic (exact) mass is 176 g/mol. The maximum absolute atomic E-state index is 3.70. The first-order valence-electron chi connectivity index (χ1n) is 5.53. The van der Waals surface area contributed by atoms with Gasteiger partial charge >= 0.3 is 0 Å². The molecule has 0 saturated heterocycles. The summed E-state index contributed by atoms with van der Waals surface area (Å²) in [6.07, 6.45) is 12.2. The molecule has 1 saturated carbocycles. The van der Waals surface area contributed by atoms with Crippen molar-refractivity contribution in [3.05, 3.63) is 12.7 Å². The van der Waals surface area contributed by atoms with E-state index < -0.39 is 0 Å². The predicted molar refractivity (Wildman–Crippen MR) is 58.4 cm³/mol. The Labute approximate surface area is 82.4 Å². The molecule has 0 nitrogen and oxygen atoms in total. The van der Waals surface area contributed by atoms with Crippen LogP contribution in [0.25, 0.3) is 0 Å². The summed E-state index contributed by atoms with van der Waals surface area (Å²) in [5.41, 5.74) is 0. The van der Waals surface area contributed by atoms with Crippen LogP contribution in [0.2, 0.25) is 0 Å². The van der Waals surface area contributed by atoms with Gasteiger partial charge in [0.15, 0.2) is 0 Å². The number of allylic oxidation sites excluding steroid dienone is 1. The molecule has 1 rings (SSSR count). The van der Waals surface area contributed by atoms with Crippen LogP contribution >= 0.6 is 0 Å². The summed E-state index contributed by atoms with van der Waals surface area (Å²) < 4.78 is 0. The quantitative estimate of drug-likeness (QED) is 0.347. The van der Waals surface area contributed by atoms with E-state index in [1.807, 2.05) is 6.08 Å². The standard InChI is InChI=1S/C13H20/c1-2-3-4-5-7-10-13-11-8-6-9-12-13/h2,13H,1,3-6,8-9,11-12H2. The first-order valence-corrected chi connectivity index (χ1v) is 5.53. The lowest BCUT2D eigenvalue weighted by atomic mass is 9.90. The Balaban J connectivity index is 2.09. The second-order valence-corrected chi connectivity index (χ2v) is 3.84. The third kappa shape index (κ3) is 4.78. The number of rotatable bonds is 3. The Kier molecular flexibility index (Phi) is 5.41. The second kappa shape index (κ2) is 6.78. The highest BCUT2D eigenvalue weighted by molar-refractivity contribution is 5.04. The maximum atomic E-state index is 3.70. The highest BCUT2D eigenvalue weighted by Crippen LogP contribution is 2.22. The van der Waals surface area contributed by atoms with Gasteiger partial charge in [0.2, 0.25) is 0 Å². The third-order valence-electron chi connectivity index (χ3n) is 2.62. The van der Waals surface area contributed by atoms with Crippen molar-refractivity contribution in [3.8, 4) is 11.8 Å². The number of hydrogen-bond acceptors (Lipinski definition) is 0. The summed E-state index contributed by atoms with van der Waals surface area (Å²) in [5, 5.41) is 0. The molecule has 0 aliphatic heterocycles. The molecule has 1 fully saturated rings. The van der Waals surface area contributed by atoms with Gasteiger partial charge in [-0.25, -0.2) is 0 Å². The molecule has 0 N–H and O–H groups in total. The average molecular weight is 176 g/mol. The molecule has 0 aromatic carbocycles. The van der Waals surface area contributed by atoms with E-state index in [-0.39, 0.29) is 0 Å². The van der Waals surface area contributed by atoms with Crippen LogP contribution in [0.4, 0.5) is 0 Å². The number of unbranched alkanes of at least 4 members (excludes halogenated alkanes) is 2. The van der Waals surface area contributed by atoms with Gasteiger partial charge < -0.3 is 0 Å². The van der Waals surface area contributed by atoms with Crippen molar-refractivity contribution >= 4 is 0 Å². The van der Waals surface area contributed by atoms with Crippen LogP contribution in [0.15, 0.2) is 12.7 Å². The molecule has 0 heteroatoms. The molecule has 0 amide bonds. The summed E-state index contributed by atoms with van der Waals surface area (Å²) >= 11 is 0. The molecular weight excluding hydrogens is 156 g/mol. The SMILES string of the molecule is C=CCCCC#CC1CCCCC1. The lowest BCUT2D eigenvalue weighted by Gasteiger charge is -2.15. The van der Waals surface area contributed by atoms with Crippen LogP contribution in [-0.4, -0.2) is 0 Å². The Morgan fingerprint density at radius 1 is 1.23 bits per heavy atom. The Morgan fingerprint density at radius 3 is 2.69 bits per heavy atom. The largest absolute Gasteiger partial charge is 0.103 e. The molecule has 0 spiro atoms. The minimum atomic E-state index is 0.720. The fraction of sp³-hybridized carbons (Fsp3) is 0.692. The van der Waals surface area contributed by atoms with Crippen LogP contribution in [-0.2, 0) is 0 Å². The molecule has 13 heavy (non-hydrogen) atoms. The van der Waals surface area contributed by atoms with Gasteiger partial charge in [-0.05, 0) is 25.7 Å². The Morgan fingerprint density at radius 2 is 2.00 bits per heavy atom. The van der Waals surface area contributed by atoms with Crippen molar-refractivity contribution in [2.45, 2.75) is 51.4 Å². The molecular formula is C13H20. The minimum Gasteiger partial charge on any atom is -0.103 e. The summed E-state index contributed by atoms with van der Waals surface area (Å²) in [5.74, 6) is 7.41. The van der Waals surface area contributed by atoms with Crippen molar-refractivity contribution in [1.29, 1.82) is 0 Å². The molecule has 1 aliphatic rings. The maximum Gasteiger partial charge on any atom is 0.0202 e. The fourth-order valence-electron chi connectivity index (χ4n) is 1.80. The van der Waals surface area contributed by atoms with E-state index in [9.17, 15) is 0 Å². The molecule has 0 heterocycles. The van der Waals surface area contributed by atoms with Crippen LogP contribution in [0.5, 0.6) is 0 Å². The van der Waals surface area contributed by atoms with E-state index >= 15 is 0 Å². The van der Waals surface area contributed by atoms with Gasteiger partial charge in [-0.3, -0.25) is 0 Å². The van der Waals surface area contributed by atoms with Crippen molar-refractivity contribution in [2.75, 3.05) is 0 Å². The van der Waals surface area contributed by atoms with E-state index in [2.05, 4.69) is 18.4 Å². The molecule has 72 valence electrons. The summed E-state index contributed by atoms with van der Waals surface area (Å²) in [4.78, 5) is 0. The van der Waals surface area contributed by atoms with E-state index in [1.54, 1.807) is 0 Å². The Hall–Kier alpha value is -0.700. The zero-order valence-electron chi connectivity index (χ0n) is 8.52. The smallest absolute Gasteiger partial charge is 0.0202 e. The normalized spacial score (nSPS) is 17.5. The first kappa shape index (κ1) is 10.4. The van der Waals surface area contributed by atoms with Gasteiger partial charge in [0.05, 0.1) is 0 Å². The van der Waals surface area contributed by atoms with E-state index in [0.717, 1.165) is 18.8 Å².